The van der Waals surface area contributed by atoms with Crippen molar-refractivity contribution in [2.75, 3.05) is 32.1 Å². The molecule has 0 rings (SSSR count). The summed E-state index contributed by atoms with van der Waals surface area (Å²) in [5.41, 5.74) is 0. The van der Waals surface area contributed by atoms with Crippen molar-refractivity contribution in [3.8, 4) is 0 Å². The van der Waals surface area contributed by atoms with Crippen molar-refractivity contribution in [3.05, 3.63) is 0 Å². The number of thiol groups is 1. The summed E-state index contributed by atoms with van der Waals surface area (Å²) in [6.45, 7) is 3.43. The molecule has 0 saturated carbocycles. The van der Waals surface area contributed by atoms with Gasteiger partial charge in [0.2, 0.25) is 0 Å². The highest BCUT2D eigenvalue weighted by Gasteiger charge is 1.89. The third-order valence-corrected chi connectivity index (χ3v) is 3.47. The van der Waals surface area contributed by atoms with Crippen molar-refractivity contribution in [2.45, 2.75) is 58.3 Å². The van der Waals surface area contributed by atoms with Gasteiger partial charge in [-0.2, -0.15) is 12.6 Å². The van der Waals surface area contributed by atoms with Gasteiger partial charge in [-0.05, 0) is 45.7 Å². The minimum atomic E-state index is 1.06. The summed E-state index contributed by atoms with van der Waals surface area (Å²) < 4.78 is 0. The van der Waals surface area contributed by atoms with Crippen LogP contribution in [0.5, 0.6) is 0 Å². The van der Waals surface area contributed by atoms with E-state index in [1.54, 1.807) is 0 Å². The zero-order valence-corrected chi connectivity index (χ0v) is 14.4. The van der Waals surface area contributed by atoms with Gasteiger partial charge in [0, 0.05) is 5.75 Å². The van der Waals surface area contributed by atoms with Crippen molar-refractivity contribution in [3.63, 3.8) is 0 Å². The summed E-state index contributed by atoms with van der Waals surface area (Å²) in [5, 5.41) is 5.25. The molecule has 0 heterocycles. The maximum absolute atomic E-state index is 5.25. The van der Waals surface area contributed by atoms with E-state index in [9.17, 15) is 0 Å². The molecule has 2 N–H and O–H groups in total. The van der Waals surface area contributed by atoms with Crippen LogP contribution in [0.4, 0.5) is 0 Å². The summed E-state index contributed by atoms with van der Waals surface area (Å²) in [4.78, 5) is 2.20. The second kappa shape index (κ2) is 19.9. The minimum absolute atomic E-state index is 1.06. The molecule has 0 aromatic carbocycles. The van der Waals surface area contributed by atoms with Gasteiger partial charge >= 0.3 is 0 Å². The smallest absolute Gasteiger partial charge is 0.00769 e. The zero-order valence-electron chi connectivity index (χ0n) is 12.7. The van der Waals surface area contributed by atoms with Gasteiger partial charge in [-0.25, -0.2) is 0 Å². The van der Waals surface area contributed by atoms with Crippen molar-refractivity contribution >= 4 is 24.6 Å². The number of nitrogens with zero attached hydrogens (tertiary/aromatic N) is 1. The Kier molecular flexibility index (Phi) is 23.2. The molecule has 0 spiro atoms. The Balaban J connectivity index is 0. The maximum atomic E-state index is 5.25. The lowest BCUT2D eigenvalue weighted by Gasteiger charge is -2.07. The van der Waals surface area contributed by atoms with E-state index in [2.05, 4.69) is 38.5 Å². The van der Waals surface area contributed by atoms with Crippen LogP contribution in [0.2, 0.25) is 0 Å². The average molecular weight is 295 g/mol. The van der Waals surface area contributed by atoms with E-state index < -0.39 is 0 Å². The molecule has 0 amide bonds. The van der Waals surface area contributed by atoms with Gasteiger partial charge in [0.05, 0.1) is 0 Å². The molecule has 0 bridgehead atoms. The first-order valence-electron chi connectivity index (χ1n) is 7.26. The van der Waals surface area contributed by atoms with Crippen LogP contribution >= 0.6 is 24.6 Å². The second-order valence-electron chi connectivity index (χ2n) is 4.87. The highest BCUT2D eigenvalue weighted by Crippen LogP contribution is 2.04. The molecular formula is C14H34N2S2. The molecule has 0 fully saturated rings. The Hall–Kier alpha value is 0.620. The third kappa shape index (κ3) is 25.5. The van der Waals surface area contributed by atoms with Gasteiger partial charge < -0.3 is 4.90 Å². The van der Waals surface area contributed by atoms with E-state index in [0.29, 0.717) is 0 Å². The Morgan fingerprint density at radius 3 is 2.06 bits per heavy atom. The SMILES string of the molecule is CCCCCCCCS.CN(C)CCCCSN. The lowest BCUT2D eigenvalue weighted by molar-refractivity contribution is 0.399. The van der Waals surface area contributed by atoms with Crippen molar-refractivity contribution in [1.82, 2.24) is 4.90 Å². The average Bonchev–Trinajstić information content (AvgIpc) is 2.35. The molecule has 2 nitrogen and oxygen atoms in total. The maximum Gasteiger partial charge on any atom is 0.00769 e. The highest BCUT2D eigenvalue weighted by molar-refractivity contribution is 7.97. The molecule has 0 aliphatic carbocycles. The molecular weight excluding hydrogens is 260 g/mol. The van der Waals surface area contributed by atoms with Gasteiger partial charge in [-0.1, -0.05) is 51.0 Å². The van der Waals surface area contributed by atoms with Crippen LogP contribution in [0, 0.1) is 0 Å². The molecule has 0 aromatic rings. The van der Waals surface area contributed by atoms with E-state index in [0.717, 1.165) is 11.5 Å². The van der Waals surface area contributed by atoms with Crippen LogP contribution in [0.25, 0.3) is 0 Å². The Morgan fingerprint density at radius 2 is 1.56 bits per heavy atom. The van der Waals surface area contributed by atoms with Crippen LogP contribution in [-0.2, 0) is 0 Å². The fourth-order valence-electron chi connectivity index (χ4n) is 1.51. The lowest BCUT2D eigenvalue weighted by Crippen LogP contribution is -2.12. The first-order chi connectivity index (χ1) is 8.68. The summed E-state index contributed by atoms with van der Waals surface area (Å²) in [5.74, 6) is 2.15. The van der Waals surface area contributed by atoms with Crippen molar-refractivity contribution < 1.29 is 0 Å². The topological polar surface area (TPSA) is 29.3 Å². The molecule has 0 atom stereocenters. The molecule has 0 saturated heterocycles. The summed E-state index contributed by atoms with van der Waals surface area (Å²) in [7, 11) is 4.19. The van der Waals surface area contributed by atoms with Gasteiger partial charge in [0.1, 0.15) is 0 Å². The van der Waals surface area contributed by atoms with E-state index in [1.165, 1.54) is 69.9 Å². The van der Waals surface area contributed by atoms with Crippen molar-refractivity contribution in [1.29, 1.82) is 0 Å². The fourth-order valence-corrected chi connectivity index (χ4v) is 2.10. The quantitative estimate of drug-likeness (QED) is 0.340. The predicted molar refractivity (Wildman–Crippen MR) is 91.7 cm³/mol. The van der Waals surface area contributed by atoms with E-state index in [1.807, 2.05) is 0 Å². The summed E-state index contributed by atoms with van der Waals surface area (Å²) >= 11 is 5.58. The Labute approximate surface area is 125 Å². The van der Waals surface area contributed by atoms with Gasteiger partial charge in [0.15, 0.2) is 0 Å². The fraction of sp³-hybridized carbons (Fsp3) is 1.00. The molecule has 0 aromatic heterocycles. The summed E-state index contributed by atoms with van der Waals surface area (Å²) in [6.07, 6.45) is 10.8. The predicted octanol–water partition coefficient (Wildman–Crippen LogP) is 4.21. The second-order valence-corrected chi connectivity index (χ2v) is 6.06. The van der Waals surface area contributed by atoms with Crippen LogP contribution in [0.3, 0.4) is 0 Å². The molecule has 0 unspecified atom stereocenters. The first-order valence-corrected chi connectivity index (χ1v) is 8.94. The number of unbranched alkanes of at least 4 members (excludes halogenated alkanes) is 6. The van der Waals surface area contributed by atoms with E-state index in [-0.39, 0.29) is 0 Å². The first kappa shape index (κ1) is 20.9. The van der Waals surface area contributed by atoms with Crippen LogP contribution in [-0.4, -0.2) is 37.0 Å². The van der Waals surface area contributed by atoms with Crippen LogP contribution in [0.1, 0.15) is 58.3 Å². The molecule has 112 valence electrons. The van der Waals surface area contributed by atoms with E-state index in [4.69, 9.17) is 5.14 Å². The number of rotatable bonds is 11. The molecule has 18 heavy (non-hydrogen) atoms. The lowest BCUT2D eigenvalue weighted by atomic mass is 10.1. The van der Waals surface area contributed by atoms with Crippen molar-refractivity contribution in [2.24, 2.45) is 5.14 Å². The van der Waals surface area contributed by atoms with Crippen LogP contribution < -0.4 is 5.14 Å². The number of nitrogens with two attached hydrogens (primary N) is 1. The Morgan fingerprint density at radius 1 is 0.944 bits per heavy atom. The minimum Gasteiger partial charge on any atom is -0.309 e. The highest BCUT2D eigenvalue weighted by atomic mass is 32.2. The van der Waals surface area contributed by atoms with E-state index >= 15 is 0 Å². The number of hydrogen-bond acceptors (Lipinski definition) is 4. The van der Waals surface area contributed by atoms with Gasteiger partial charge in [-0.3, -0.25) is 5.14 Å². The van der Waals surface area contributed by atoms with Crippen LogP contribution in [0.15, 0.2) is 0 Å². The molecule has 0 aliphatic rings. The molecule has 0 radical (unpaired) electrons. The normalized spacial score (nSPS) is 10.3. The monoisotopic (exact) mass is 294 g/mol. The third-order valence-electron chi connectivity index (χ3n) is 2.63. The molecule has 0 aliphatic heterocycles. The van der Waals surface area contributed by atoms with Gasteiger partial charge in [0.25, 0.3) is 0 Å². The molecule has 4 heteroatoms. The van der Waals surface area contributed by atoms with Gasteiger partial charge in [-0.15, -0.1) is 0 Å². The Bertz CT molecular complexity index is 127. The number of hydrogen-bond donors (Lipinski definition) is 2. The standard InChI is InChI=1S/C8H18S.C6H16N2S/c1-2-3-4-5-6-7-8-9;1-8(2)5-3-4-6-9-7/h9H,2-8H2,1H3;3-7H2,1-2H3. The zero-order chi connectivity index (χ0) is 14.1. The largest absolute Gasteiger partial charge is 0.309 e. The summed E-state index contributed by atoms with van der Waals surface area (Å²) in [6, 6.07) is 0.